The van der Waals surface area contributed by atoms with E-state index >= 15 is 0 Å². The number of nitrogens with zero attached hydrogens (tertiary/aromatic N) is 2. The molecule has 6 heteroatoms. The summed E-state index contributed by atoms with van der Waals surface area (Å²) >= 11 is 0. The van der Waals surface area contributed by atoms with Crippen LogP contribution in [0.4, 0.5) is 0 Å². The van der Waals surface area contributed by atoms with E-state index in [1.165, 1.54) is 0 Å². The first-order valence-corrected chi connectivity index (χ1v) is 10.5. The monoisotopic (exact) mass is 413 g/mol. The minimum atomic E-state index is -0.276. The zero-order valence-corrected chi connectivity index (χ0v) is 17.2. The van der Waals surface area contributed by atoms with Crippen LogP contribution in [0.2, 0.25) is 0 Å². The highest BCUT2D eigenvalue weighted by Crippen LogP contribution is 2.43. The number of aromatic nitrogens is 2. The summed E-state index contributed by atoms with van der Waals surface area (Å²) in [6.45, 7) is 3.13. The maximum atomic E-state index is 13.3. The van der Waals surface area contributed by atoms with Crippen molar-refractivity contribution in [3.8, 4) is 17.0 Å². The Bertz CT molecular complexity index is 1160. The number of fused-ring (bicyclic) bond motifs is 1. The predicted octanol–water partition coefficient (Wildman–Crippen LogP) is 5.20. The molecule has 3 heterocycles. The van der Waals surface area contributed by atoms with E-state index in [-0.39, 0.29) is 11.9 Å². The first-order chi connectivity index (χ1) is 15.3. The maximum Gasteiger partial charge on any atom is 0.273 e. The molecule has 0 aliphatic carbocycles. The second-order valence-corrected chi connectivity index (χ2v) is 7.56. The average Bonchev–Trinajstić information content (AvgIpc) is 3.53. The minimum absolute atomic E-state index is 0.0857. The lowest BCUT2D eigenvalue weighted by Gasteiger charge is -2.25. The molecule has 0 spiro atoms. The van der Waals surface area contributed by atoms with E-state index in [0.717, 1.165) is 40.3 Å². The summed E-state index contributed by atoms with van der Waals surface area (Å²) in [7, 11) is 0. The number of amides is 1. The SMILES string of the molecule is CCCOc1ccc(C2c3c(-c4ccccc4)n[nH]c3C(=O)N2Cc2ccco2)cc1. The molecule has 1 aliphatic heterocycles. The molecule has 2 aromatic carbocycles. The lowest BCUT2D eigenvalue weighted by molar-refractivity contribution is 0.0717. The van der Waals surface area contributed by atoms with E-state index in [1.807, 2.05) is 71.6 Å². The molecule has 0 saturated carbocycles. The smallest absolute Gasteiger partial charge is 0.273 e. The maximum absolute atomic E-state index is 13.3. The van der Waals surface area contributed by atoms with Crippen molar-refractivity contribution in [2.45, 2.75) is 25.9 Å². The zero-order chi connectivity index (χ0) is 21.2. The van der Waals surface area contributed by atoms with Crippen molar-refractivity contribution in [2.75, 3.05) is 6.61 Å². The number of benzene rings is 2. The highest BCUT2D eigenvalue weighted by molar-refractivity contribution is 6.00. The summed E-state index contributed by atoms with van der Waals surface area (Å²) in [4.78, 5) is 15.2. The fourth-order valence-corrected chi connectivity index (χ4v) is 4.06. The number of H-pyrrole nitrogens is 1. The second kappa shape index (κ2) is 8.14. The van der Waals surface area contributed by atoms with E-state index in [4.69, 9.17) is 9.15 Å². The molecule has 0 bridgehead atoms. The Hall–Kier alpha value is -3.80. The van der Waals surface area contributed by atoms with Gasteiger partial charge in [-0.3, -0.25) is 9.89 Å². The Kier molecular flexibility index (Phi) is 5.04. The molecule has 4 aromatic rings. The summed E-state index contributed by atoms with van der Waals surface area (Å²) in [5, 5.41) is 7.49. The number of rotatable bonds is 7. The van der Waals surface area contributed by atoms with E-state index in [1.54, 1.807) is 6.26 Å². The van der Waals surface area contributed by atoms with E-state index < -0.39 is 0 Å². The first kappa shape index (κ1) is 19.2. The Morgan fingerprint density at radius 1 is 1.06 bits per heavy atom. The van der Waals surface area contributed by atoms with Crippen LogP contribution in [0, 0.1) is 0 Å². The highest BCUT2D eigenvalue weighted by atomic mass is 16.5. The molecular weight excluding hydrogens is 390 g/mol. The summed E-state index contributed by atoms with van der Waals surface area (Å²) in [5.41, 5.74) is 4.19. The number of hydrogen-bond acceptors (Lipinski definition) is 4. The topological polar surface area (TPSA) is 71.4 Å². The van der Waals surface area contributed by atoms with Gasteiger partial charge in [0.05, 0.1) is 31.2 Å². The molecule has 0 fully saturated rings. The number of ether oxygens (including phenoxy) is 1. The van der Waals surface area contributed by atoms with Crippen LogP contribution in [0.25, 0.3) is 11.3 Å². The van der Waals surface area contributed by atoms with Gasteiger partial charge < -0.3 is 14.1 Å². The predicted molar refractivity (Wildman–Crippen MR) is 117 cm³/mol. The van der Waals surface area contributed by atoms with Crippen LogP contribution in [0.1, 0.15) is 46.8 Å². The van der Waals surface area contributed by atoms with Gasteiger partial charge in [-0.15, -0.1) is 0 Å². The van der Waals surface area contributed by atoms with Crippen LogP contribution < -0.4 is 4.74 Å². The molecule has 1 N–H and O–H groups in total. The third-order valence-corrected chi connectivity index (χ3v) is 5.49. The number of nitrogens with one attached hydrogen (secondary N) is 1. The van der Waals surface area contributed by atoms with Gasteiger partial charge in [-0.05, 0) is 36.2 Å². The fourth-order valence-electron chi connectivity index (χ4n) is 4.06. The average molecular weight is 413 g/mol. The summed E-state index contributed by atoms with van der Waals surface area (Å²) in [6, 6.07) is 21.3. The standard InChI is InChI=1S/C25H23N3O3/c1-2-14-30-19-12-10-18(11-13-19)24-21-22(17-7-4-3-5-8-17)26-27-23(21)25(29)28(24)16-20-9-6-15-31-20/h3-13,15,24H,2,14,16H2,1H3,(H,26,27). The quantitative estimate of drug-likeness (QED) is 0.452. The van der Waals surface area contributed by atoms with Crippen molar-refractivity contribution in [1.82, 2.24) is 15.1 Å². The molecule has 6 nitrogen and oxygen atoms in total. The van der Waals surface area contributed by atoms with Crippen LogP contribution in [-0.2, 0) is 6.54 Å². The van der Waals surface area contributed by atoms with Crippen LogP contribution in [0.15, 0.2) is 77.4 Å². The van der Waals surface area contributed by atoms with Gasteiger partial charge in [0.25, 0.3) is 5.91 Å². The molecule has 0 saturated heterocycles. The molecule has 0 radical (unpaired) electrons. The molecule has 5 rings (SSSR count). The van der Waals surface area contributed by atoms with Gasteiger partial charge in [0.15, 0.2) is 0 Å². The normalized spacial score (nSPS) is 15.3. The van der Waals surface area contributed by atoms with E-state index in [2.05, 4.69) is 17.1 Å². The molecular formula is C25H23N3O3. The Labute approximate surface area is 180 Å². The molecule has 1 atom stereocenters. The lowest BCUT2D eigenvalue weighted by atomic mass is 9.96. The summed E-state index contributed by atoms with van der Waals surface area (Å²) in [6.07, 6.45) is 2.58. The minimum Gasteiger partial charge on any atom is -0.494 e. The highest BCUT2D eigenvalue weighted by Gasteiger charge is 2.42. The third kappa shape index (κ3) is 3.50. The number of carbonyl (C=O) groups is 1. The van der Waals surface area contributed by atoms with Crippen molar-refractivity contribution in [3.63, 3.8) is 0 Å². The van der Waals surface area contributed by atoms with Gasteiger partial charge in [0.2, 0.25) is 0 Å². The van der Waals surface area contributed by atoms with Crippen LogP contribution in [0.5, 0.6) is 5.75 Å². The number of carbonyl (C=O) groups excluding carboxylic acids is 1. The number of aromatic amines is 1. The van der Waals surface area contributed by atoms with Crippen molar-refractivity contribution >= 4 is 5.91 Å². The van der Waals surface area contributed by atoms with Gasteiger partial charge in [0.1, 0.15) is 17.2 Å². The van der Waals surface area contributed by atoms with Gasteiger partial charge >= 0.3 is 0 Å². The third-order valence-electron chi connectivity index (χ3n) is 5.49. The van der Waals surface area contributed by atoms with E-state index in [9.17, 15) is 4.79 Å². The lowest BCUT2D eigenvalue weighted by Crippen LogP contribution is -2.28. The van der Waals surface area contributed by atoms with Gasteiger partial charge in [-0.1, -0.05) is 49.4 Å². The molecule has 1 aliphatic rings. The molecule has 156 valence electrons. The largest absolute Gasteiger partial charge is 0.494 e. The molecule has 1 amide bonds. The van der Waals surface area contributed by atoms with Crippen LogP contribution in [0.3, 0.4) is 0 Å². The Morgan fingerprint density at radius 3 is 2.58 bits per heavy atom. The second-order valence-electron chi connectivity index (χ2n) is 7.56. The van der Waals surface area contributed by atoms with Crippen molar-refractivity contribution in [2.24, 2.45) is 0 Å². The zero-order valence-electron chi connectivity index (χ0n) is 17.2. The summed E-state index contributed by atoms with van der Waals surface area (Å²) < 4.78 is 11.3. The molecule has 2 aromatic heterocycles. The first-order valence-electron chi connectivity index (χ1n) is 10.5. The number of hydrogen-bond donors (Lipinski definition) is 1. The van der Waals surface area contributed by atoms with Crippen LogP contribution >= 0.6 is 0 Å². The van der Waals surface area contributed by atoms with Crippen molar-refractivity contribution in [3.05, 3.63) is 95.6 Å². The van der Waals surface area contributed by atoms with Crippen LogP contribution in [-0.4, -0.2) is 27.6 Å². The number of furan rings is 1. The van der Waals surface area contributed by atoms with E-state index in [0.29, 0.717) is 18.8 Å². The van der Waals surface area contributed by atoms with Crippen molar-refractivity contribution < 1.29 is 13.9 Å². The fraction of sp³-hybridized carbons (Fsp3) is 0.200. The molecule has 1 unspecified atom stereocenters. The molecule has 31 heavy (non-hydrogen) atoms. The van der Waals surface area contributed by atoms with Crippen molar-refractivity contribution in [1.29, 1.82) is 0 Å². The summed E-state index contributed by atoms with van der Waals surface area (Å²) in [5.74, 6) is 1.47. The van der Waals surface area contributed by atoms with Gasteiger partial charge in [-0.25, -0.2) is 0 Å². The Morgan fingerprint density at radius 2 is 1.87 bits per heavy atom. The van der Waals surface area contributed by atoms with Gasteiger partial charge in [0, 0.05) is 11.1 Å². The van der Waals surface area contributed by atoms with Gasteiger partial charge in [-0.2, -0.15) is 5.10 Å². The Balaban J connectivity index is 1.58.